The number of β-amino-alcohol motifs (C(OH)–C–C–N with tert-alkyl or cyclic N) is 1. The summed E-state index contributed by atoms with van der Waals surface area (Å²) in [5.41, 5.74) is 0.376. The molecule has 1 saturated carbocycles. The zero-order valence-corrected chi connectivity index (χ0v) is 13.7. The zero-order valence-electron chi connectivity index (χ0n) is 13.7. The van der Waals surface area contributed by atoms with E-state index in [0.717, 1.165) is 31.8 Å². The molecule has 4 rings (SSSR count). The van der Waals surface area contributed by atoms with Crippen LogP contribution in [-0.2, 0) is 0 Å². The Bertz CT molecular complexity index is 700. The Morgan fingerprint density at radius 3 is 2.88 bits per heavy atom. The third kappa shape index (κ3) is 3.21. The van der Waals surface area contributed by atoms with Crippen LogP contribution in [0.25, 0.3) is 0 Å². The highest BCUT2D eigenvalue weighted by atomic mass is 19.1. The first-order valence-electron chi connectivity index (χ1n) is 8.76. The van der Waals surface area contributed by atoms with Crippen LogP contribution in [0.5, 0.6) is 0 Å². The summed E-state index contributed by atoms with van der Waals surface area (Å²) in [5.74, 6) is 1.07. The van der Waals surface area contributed by atoms with Crippen LogP contribution < -0.4 is 0 Å². The molecule has 2 fully saturated rings. The third-order valence-electron chi connectivity index (χ3n) is 5.11. The van der Waals surface area contributed by atoms with Crippen molar-refractivity contribution in [1.29, 1.82) is 0 Å². The Hall–Kier alpha value is -1.79. The second-order valence-corrected chi connectivity index (χ2v) is 6.96. The summed E-state index contributed by atoms with van der Waals surface area (Å²) in [7, 11) is 0. The highest BCUT2D eigenvalue weighted by Gasteiger charge is 2.32. The van der Waals surface area contributed by atoms with Gasteiger partial charge in [0.25, 0.3) is 0 Å². The maximum atomic E-state index is 13.8. The number of likely N-dealkylation sites (tertiary alicyclic amines) is 1. The molecular weight excluding hydrogens is 307 g/mol. The SMILES string of the molecule is O[C@H](CN1CCC[C@@H](c2nncn2C2CC2)C1)c1ccccc1F. The van der Waals surface area contributed by atoms with Crippen LogP contribution in [0.15, 0.2) is 30.6 Å². The Labute approximate surface area is 141 Å². The van der Waals surface area contributed by atoms with Gasteiger partial charge in [0.15, 0.2) is 0 Å². The smallest absolute Gasteiger partial charge is 0.137 e. The monoisotopic (exact) mass is 330 g/mol. The number of aliphatic hydroxyl groups is 1. The second-order valence-electron chi connectivity index (χ2n) is 6.96. The summed E-state index contributed by atoms with van der Waals surface area (Å²) in [4.78, 5) is 2.22. The Morgan fingerprint density at radius 2 is 2.08 bits per heavy atom. The number of aromatic nitrogens is 3. The fourth-order valence-corrected chi connectivity index (χ4v) is 3.70. The second kappa shape index (κ2) is 6.61. The van der Waals surface area contributed by atoms with E-state index < -0.39 is 6.10 Å². The van der Waals surface area contributed by atoms with E-state index in [2.05, 4.69) is 19.7 Å². The molecule has 128 valence electrons. The van der Waals surface area contributed by atoms with Crippen molar-refractivity contribution in [3.05, 3.63) is 47.8 Å². The van der Waals surface area contributed by atoms with E-state index in [1.54, 1.807) is 18.2 Å². The lowest BCUT2D eigenvalue weighted by Gasteiger charge is -2.33. The Balaban J connectivity index is 1.43. The normalized spacial score (nSPS) is 23.3. The fraction of sp³-hybridized carbons (Fsp3) is 0.556. The minimum absolute atomic E-state index is 0.341. The van der Waals surface area contributed by atoms with Gasteiger partial charge in [0.1, 0.15) is 18.0 Å². The molecule has 1 aromatic carbocycles. The lowest BCUT2D eigenvalue weighted by Crippen LogP contribution is -2.38. The van der Waals surface area contributed by atoms with E-state index in [4.69, 9.17) is 0 Å². The van der Waals surface area contributed by atoms with Crippen molar-refractivity contribution >= 4 is 0 Å². The summed E-state index contributed by atoms with van der Waals surface area (Å²) >= 11 is 0. The number of nitrogens with zero attached hydrogens (tertiary/aromatic N) is 4. The molecular formula is C18H23FN4O. The lowest BCUT2D eigenvalue weighted by atomic mass is 9.96. The van der Waals surface area contributed by atoms with Crippen LogP contribution in [0.2, 0.25) is 0 Å². The molecule has 1 aliphatic heterocycles. The third-order valence-corrected chi connectivity index (χ3v) is 5.11. The highest BCUT2D eigenvalue weighted by molar-refractivity contribution is 5.20. The Kier molecular flexibility index (Phi) is 4.33. The molecule has 1 saturated heterocycles. The van der Waals surface area contributed by atoms with Crippen molar-refractivity contribution in [2.75, 3.05) is 19.6 Å². The van der Waals surface area contributed by atoms with Crippen LogP contribution >= 0.6 is 0 Å². The van der Waals surface area contributed by atoms with Gasteiger partial charge < -0.3 is 9.67 Å². The molecule has 2 aliphatic rings. The quantitative estimate of drug-likeness (QED) is 0.916. The molecule has 0 amide bonds. The van der Waals surface area contributed by atoms with Gasteiger partial charge in [-0.3, -0.25) is 4.90 Å². The van der Waals surface area contributed by atoms with Gasteiger partial charge >= 0.3 is 0 Å². The minimum atomic E-state index is -0.800. The maximum Gasteiger partial charge on any atom is 0.137 e. The van der Waals surface area contributed by atoms with E-state index in [1.165, 1.54) is 18.9 Å². The molecule has 1 aromatic heterocycles. The van der Waals surface area contributed by atoms with E-state index in [1.807, 2.05) is 6.33 Å². The van der Waals surface area contributed by atoms with E-state index >= 15 is 0 Å². The predicted octanol–water partition coefficient (Wildman–Crippen LogP) is 2.67. The molecule has 6 heteroatoms. The molecule has 2 atom stereocenters. The van der Waals surface area contributed by atoms with Crippen molar-refractivity contribution in [3.63, 3.8) is 0 Å². The average molecular weight is 330 g/mol. The van der Waals surface area contributed by atoms with Gasteiger partial charge in [-0.25, -0.2) is 4.39 Å². The van der Waals surface area contributed by atoms with Gasteiger partial charge in [-0.15, -0.1) is 10.2 Å². The van der Waals surface area contributed by atoms with E-state index in [0.29, 0.717) is 24.1 Å². The molecule has 5 nitrogen and oxygen atoms in total. The van der Waals surface area contributed by atoms with Crippen LogP contribution in [-0.4, -0.2) is 44.4 Å². The van der Waals surface area contributed by atoms with Gasteiger partial charge in [0.2, 0.25) is 0 Å². The number of rotatable bonds is 5. The topological polar surface area (TPSA) is 54.2 Å². The molecule has 1 N–H and O–H groups in total. The van der Waals surface area contributed by atoms with Gasteiger partial charge in [0.05, 0.1) is 6.10 Å². The van der Waals surface area contributed by atoms with Crippen LogP contribution in [0, 0.1) is 5.82 Å². The number of halogens is 1. The number of hydrogen-bond donors (Lipinski definition) is 1. The van der Waals surface area contributed by atoms with Crippen LogP contribution in [0.1, 0.15) is 55.1 Å². The molecule has 2 aromatic rings. The first-order valence-corrected chi connectivity index (χ1v) is 8.76. The zero-order chi connectivity index (χ0) is 16.5. The maximum absolute atomic E-state index is 13.8. The van der Waals surface area contributed by atoms with Crippen LogP contribution in [0.3, 0.4) is 0 Å². The summed E-state index contributed by atoms with van der Waals surface area (Å²) in [6, 6.07) is 7.04. The van der Waals surface area contributed by atoms with Gasteiger partial charge in [-0.1, -0.05) is 18.2 Å². The molecule has 0 unspecified atom stereocenters. The predicted molar refractivity (Wildman–Crippen MR) is 88.1 cm³/mol. The standard InChI is InChI=1S/C18H23FN4O/c19-16-6-2-1-5-15(16)17(24)11-22-9-3-4-13(10-22)18-21-20-12-23(18)14-7-8-14/h1-2,5-6,12-14,17,24H,3-4,7-11H2/t13-,17-/m1/s1. The van der Waals surface area contributed by atoms with E-state index in [9.17, 15) is 9.50 Å². The first kappa shape index (κ1) is 15.7. The van der Waals surface area contributed by atoms with E-state index in [-0.39, 0.29) is 5.82 Å². The average Bonchev–Trinajstić information content (AvgIpc) is 3.32. The summed E-state index contributed by atoms with van der Waals surface area (Å²) in [6.45, 7) is 2.23. The Morgan fingerprint density at radius 1 is 1.25 bits per heavy atom. The number of aliphatic hydroxyl groups excluding tert-OH is 1. The van der Waals surface area contributed by atoms with Crippen molar-refractivity contribution in [2.45, 2.75) is 43.7 Å². The van der Waals surface area contributed by atoms with Gasteiger partial charge in [-0.05, 0) is 38.3 Å². The molecule has 1 aliphatic carbocycles. The summed E-state index contributed by atoms with van der Waals surface area (Å²) in [6.07, 6.45) is 5.64. The number of hydrogen-bond acceptors (Lipinski definition) is 4. The van der Waals surface area contributed by atoms with Crippen LogP contribution in [0.4, 0.5) is 4.39 Å². The van der Waals surface area contributed by atoms with Crippen molar-refractivity contribution in [3.8, 4) is 0 Å². The number of benzene rings is 1. The van der Waals surface area contributed by atoms with Crippen molar-refractivity contribution in [1.82, 2.24) is 19.7 Å². The fourth-order valence-electron chi connectivity index (χ4n) is 3.70. The summed E-state index contributed by atoms with van der Waals surface area (Å²) < 4.78 is 16.1. The molecule has 0 spiro atoms. The van der Waals surface area contributed by atoms with Crippen molar-refractivity contribution in [2.24, 2.45) is 0 Å². The molecule has 0 bridgehead atoms. The molecule has 24 heavy (non-hydrogen) atoms. The largest absolute Gasteiger partial charge is 0.387 e. The number of piperidine rings is 1. The van der Waals surface area contributed by atoms with Gasteiger partial charge in [0, 0.05) is 30.6 Å². The summed E-state index contributed by atoms with van der Waals surface area (Å²) in [5, 5.41) is 18.9. The minimum Gasteiger partial charge on any atom is -0.387 e. The molecule has 0 radical (unpaired) electrons. The highest BCUT2D eigenvalue weighted by Crippen LogP contribution is 2.38. The van der Waals surface area contributed by atoms with Crippen molar-refractivity contribution < 1.29 is 9.50 Å². The lowest BCUT2D eigenvalue weighted by molar-refractivity contribution is 0.0916. The van der Waals surface area contributed by atoms with Gasteiger partial charge in [-0.2, -0.15) is 0 Å². The molecule has 2 heterocycles. The first-order chi connectivity index (χ1) is 11.7.